The first kappa shape index (κ1) is 17.2. The van der Waals surface area contributed by atoms with E-state index in [1.165, 1.54) is 5.56 Å². The number of fused-ring (bicyclic) bond motifs is 1. The van der Waals surface area contributed by atoms with Crippen LogP contribution in [0.5, 0.6) is 5.75 Å². The van der Waals surface area contributed by atoms with Crippen molar-refractivity contribution in [2.45, 2.75) is 38.8 Å². The number of aryl methyl sites for hydroxylation is 1. The van der Waals surface area contributed by atoms with Gasteiger partial charge in [-0.25, -0.2) is 0 Å². The van der Waals surface area contributed by atoms with Crippen molar-refractivity contribution in [1.82, 2.24) is 5.32 Å². The number of hydrogen-bond acceptors (Lipinski definition) is 2. The lowest BCUT2D eigenvalue weighted by Crippen LogP contribution is -2.42. The Hall–Kier alpha value is -1.59. The third-order valence-corrected chi connectivity index (χ3v) is 4.72. The molecule has 5 heteroatoms. The summed E-state index contributed by atoms with van der Waals surface area (Å²) >= 11 is 8.99. The highest BCUT2D eigenvalue weighted by Crippen LogP contribution is 2.39. The lowest BCUT2D eigenvalue weighted by molar-refractivity contribution is 0.0696. The zero-order valence-corrected chi connectivity index (χ0v) is 16.4. The zero-order valence-electron chi connectivity index (χ0n) is 14.0. The summed E-state index contributed by atoms with van der Waals surface area (Å²) in [7, 11) is 0. The van der Waals surface area contributed by atoms with Crippen molar-refractivity contribution in [3.05, 3.63) is 58.1 Å². The van der Waals surface area contributed by atoms with Gasteiger partial charge >= 0.3 is 0 Å². The summed E-state index contributed by atoms with van der Waals surface area (Å²) in [6.07, 6.45) is 0.851. The number of halogens is 1. The van der Waals surface area contributed by atoms with Crippen molar-refractivity contribution in [2.75, 3.05) is 5.32 Å². The molecule has 3 nitrogen and oxygen atoms in total. The molecule has 0 amide bonds. The van der Waals surface area contributed by atoms with Gasteiger partial charge in [0.15, 0.2) is 5.11 Å². The molecule has 0 radical (unpaired) electrons. The fourth-order valence-electron chi connectivity index (χ4n) is 2.99. The summed E-state index contributed by atoms with van der Waals surface area (Å²) in [5, 5.41) is 7.32. The monoisotopic (exact) mass is 404 g/mol. The van der Waals surface area contributed by atoms with Crippen molar-refractivity contribution in [2.24, 2.45) is 0 Å². The number of hydrogen-bond donors (Lipinski definition) is 2. The largest absolute Gasteiger partial charge is 0.487 e. The number of thiocarbonyl (C=S) groups is 1. The molecule has 1 heterocycles. The van der Waals surface area contributed by atoms with E-state index in [1.54, 1.807) is 0 Å². The Bertz CT molecular complexity index is 776. The number of nitrogens with one attached hydrogen (secondary N) is 2. The van der Waals surface area contributed by atoms with E-state index in [0.29, 0.717) is 5.11 Å². The quantitative estimate of drug-likeness (QED) is 0.661. The second-order valence-corrected chi connectivity index (χ2v) is 8.09. The Kier molecular flexibility index (Phi) is 4.83. The van der Waals surface area contributed by atoms with Gasteiger partial charge in [0.2, 0.25) is 0 Å². The van der Waals surface area contributed by atoms with Gasteiger partial charge in [-0.05, 0) is 57.3 Å². The van der Waals surface area contributed by atoms with Gasteiger partial charge in [-0.1, -0.05) is 39.7 Å². The van der Waals surface area contributed by atoms with E-state index in [-0.39, 0.29) is 11.6 Å². The molecule has 0 fully saturated rings. The fraction of sp³-hybridized carbons (Fsp3) is 0.316. The molecule has 24 heavy (non-hydrogen) atoms. The van der Waals surface area contributed by atoms with Gasteiger partial charge in [-0.3, -0.25) is 0 Å². The molecule has 1 unspecified atom stereocenters. The van der Waals surface area contributed by atoms with E-state index in [9.17, 15) is 0 Å². The van der Waals surface area contributed by atoms with Gasteiger partial charge in [-0.2, -0.15) is 0 Å². The van der Waals surface area contributed by atoms with Gasteiger partial charge in [0.25, 0.3) is 0 Å². The molecule has 0 bridgehead atoms. The SMILES string of the molecule is Cc1ccc2c(c1)C(NC(=S)Nc1cccc(Br)c1)CC(C)(C)O2. The van der Waals surface area contributed by atoms with Gasteiger partial charge in [-0.15, -0.1) is 0 Å². The number of benzene rings is 2. The fourth-order valence-corrected chi connectivity index (χ4v) is 3.65. The van der Waals surface area contributed by atoms with Crippen molar-refractivity contribution >= 4 is 38.9 Å². The van der Waals surface area contributed by atoms with Gasteiger partial charge in [0, 0.05) is 22.1 Å². The summed E-state index contributed by atoms with van der Waals surface area (Å²) in [6, 6.07) is 14.4. The standard InChI is InChI=1S/C19H21BrN2OS/c1-12-7-8-17-15(9-12)16(11-19(2,3)23-17)22-18(24)21-14-6-4-5-13(20)10-14/h4-10,16H,11H2,1-3H3,(H2,21,22,24). The molecule has 1 atom stereocenters. The van der Waals surface area contributed by atoms with E-state index in [2.05, 4.69) is 59.5 Å². The van der Waals surface area contributed by atoms with Crippen molar-refractivity contribution < 1.29 is 4.74 Å². The Morgan fingerprint density at radius 2 is 2.04 bits per heavy atom. The van der Waals surface area contributed by atoms with Gasteiger partial charge < -0.3 is 15.4 Å². The minimum Gasteiger partial charge on any atom is -0.487 e. The number of ether oxygens (including phenoxy) is 1. The predicted molar refractivity (Wildman–Crippen MR) is 107 cm³/mol. The van der Waals surface area contributed by atoms with Crippen LogP contribution in [0.1, 0.15) is 37.4 Å². The minimum atomic E-state index is -0.231. The number of anilines is 1. The normalized spacial score (nSPS) is 18.2. The summed E-state index contributed by atoms with van der Waals surface area (Å²) < 4.78 is 7.13. The highest BCUT2D eigenvalue weighted by Gasteiger charge is 2.34. The molecule has 1 aliphatic rings. The van der Waals surface area contributed by atoms with E-state index in [0.717, 1.165) is 27.9 Å². The maximum absolute atomic E-state index is 6.11. The Labute approximate surface area is 156 Å². The molecular formula is C19H21BrN2OS. The average molecular weight is 405 g/mol. The van der Waals surface area contributed by atoms with Crippen LogP contribution >= 0.6 is 28.1 Å². The van der Waals surface area contributed by atoms with Crippen LogP contribution in [0.25, 0.3) is 0 Å². The first-order valence-electron chi connectivity index (χ1n) is 7.95. The Morgan fingerprint density at radius 3 is 2.79 bits per heavy atom. The molecule has 126 valence electrons. The van der Waals surface area contributed by atoms with Crippen LogP contribution in [0.2, 0.25) is 0 Å². The Balaban J connectivity index is 1.79. The van der Waals surface area contributed by atoms with Crippen LogP contribution in [0, 0.1) is 6.92 Å². The van der Waals surface area contributed by atoms with Gasteiger partial charge in [0.05, 0.1) is 6.04 Å². The smallest absolute Gasteiger partial charge is 0.171 e. The maximum Gasteiger partial charge on any atom is 0.171 e. The molecule has 1 aliphatic heterocycles. The third kappa shape index (κ3) is 4.08. The highest BCUT2D eigenvalue weighted by atomic mass is 79.9. The zero-order chi connectivity index (χ0) is 17.3. The predicted octanol–water partition coefficient (Wildman–Crippen LogP) is 5.35. The molecule has 0 saturated heterocycles. The van der Waals surface area contributed by atoms with E-state index < -0.39 is 0 Å². The minimum absolute atomic E-state index is 0.121. The topological polar surface area (TPSA) is 33.3 Å². The maximum atomic E-state index is 6.11. The average Bonchev–Trinajstić information content (AvgIpc) is 2.47. The van der Waals surface area contributed by atoms with Crippen molar-refractivity contribution in [1.29, 1.82) is 0 Å². The molecule has 0 aromatic heterocycles. The molecule has 2 aromatic rings. The van der Waals surface area contributed by atoms with Crippen molar-refractivity contribution in [3.63, 3.8) is 0 Å². The summed E-state index contributed by atoms with van der Waals surface area (Å²) in [6.45, 7) is 6.31. The number of rotatable bonds is 2. The molecule has 2 aromatic carbocycles. The van der Waals surface area contributed by atoms with Crippen LogP contribution in [0.4, 0.5) is 5.69 Å². The van der Waals surface area contributed by atoms with Crippen LogP contribution < -0.4 is 15.4 Å². The summed E-state index contributed by atoms with van der Waals surface area (Å²) in [5.74, 6) is 0.930. The van der Waals surface area contributed by atoms with Crippen LogP contribution in [-0.4, -0.2) is 10.7 Å². The van der Waals surface area contributed by atoms with Crippen LogP contribution in [0.3, 0.4) is 0 Å². The van der Waals surface area contributed by atoms with E-state index in [1.807, 2.05) is 30.3 Å². The second kappa shape index (κ2) is 6.73. The van der Waals surface area contributed by atoms with Crippen LogP contribution in [0.15, 0.2) is 46.9 Å². The summed E-state index contributed by atoms with van der Waals surface area (Å²) in [5.41, 5.74) is 3.10. The molecule has 0 spiro atoms. The third-order valence-electron chi connectivity index (χ3n) is 4.01. The summed E-state index contributed by atoms with van der Waals surface area (Å²) in [4.78, 5) is 0. The lowest BCUT2D eigenvalue weighted by Gasteiger charge is -2.38. The highest BCUT2D eigenvalue weighted by molar-refractivity contribution is 9.10. The Morgan fingerprint density at radius 1 is 1.25 bits per heavy atom. The molecule has 3 rings (SSSR count). The molecule has 0 aliphatic carbocycles. The van der Waals surface area contributed by atoms with Gasteiger partial charge in [0.1, 0.15) is 11.4 Å². The first-order chi connectivity index (χ1) is 11.3. The van der Waals surface area contributed by atoms with E-state index in [4.69, 9.17) is 17.0 Å². The molecular weight excluding hydrogens is 384 g/mol. The first-order valence-corrected chi connectivity index (χ1v) is 9.15. The lowest BCUT2D eigenvalue weighted by atomic mass is 9.89. The molecule has 2 N–H and O–H groups in total. The second-order valence-electron chi connectivity index (χ2n) is 6.77. The van der Waals surface area contributed by atoms with Crippen molar-refractivity contribution in [3.8, 4) is 5.75 Å². The van der Waals surface area contributed by atoms with Crippen LogP contribution in [-0.2, 0) is 0 Å². The van der Waals surface area contributed by atoms with E-state index >= 15 is 0 Å². The molecule has 0 saturated carbocycles.